The van der Waals surface area contributed by atoms with Crippen LogP contribution in [0.15, 0.2) is 83.0 Å². The summed E-state index contributed by atoms with van der Waals surface area (Å²) in [6.07, 6.45) is 0. The van der Waals surface area contributed by atoms with Crippen LogP contribution < -0.4 is 19.7 Å². The molecular formula is C29H28N4O4. The van der Waals surface area contributed by atoms with Gasteiger partial charge in [0.15, 0.2) is 0 Å². The molecule has 0 radical (unpaired) electrons. The quantitative estimate of drug-likeness (QED) is 0.330. The molecule has 4 aromatic rings. The number of allylic oxidation sites excluding steroid dienone is 1. The van der Waals surface area contributed by atoms with Crippen molar-refractivity contribution in [3.05, 3.63) is 95.5 Å². The van der Waals surface area contributed by atoms with Gasteiger partial charge in [0, 0.05) is 11.3 Å². The van der Waals surface area contributed by atoms with Gasteiger partial charge in [0.2, 0.25) is 5.82 Å². The molecule has 1 unspecified atom stereocenters. The van der Waals surface area contributed by atoms with Crippen molar-refractivity contribution in [2.75, 3.05) is 18.6 Å². The Balaban J connectivity index is 1.62. The largest absolute Gasteiger partial charge is 0.497 e. The molecule has 0 saturated carbocycles. The fourth-order valence-corrected chi connectivity index (χ4v) is 4.41. The molecule has 3 aromatic carbocycles. The minimum Gasteiger partial charge on any atom is -0.497 e. The summed E-state index contributed by atoms with van der Waals surface area (Å²) in [4.78, 5) is 19.8. The van der Waals surface area contributed by atoms with Gasteiger partial charge in [-0.1, -0.05) is 47.1 Å². The molecule has 2 heterocycles. The van der Waals surface area contributed by atoms with E-state index in [1.807, 2.05) is 93.6 Å². The van der Waals surface area contributed by atoms with E-state index in [9.17, 15) is 4.79 Å². The van der Waals surface area contributed by atoms with Crippen LogP contribution in [0.1, 0.15) is 36.9 Å². The Morgan fingerprint density at radius 2 is 1.76 bits per heavy atom. The van der Waals surface area contributed by atoms with Crippen molar-refractivity contribution in [3.8, 4) is 22.9 Å². The highest BCUT2D eigenvalue weighted by molar-refractivity contribution is 6.01. The van der Waals surface area contributed by atoms with E-state index in [1.54, 1.807) is 12.0 Å². The summed E-state index contributed by atoms with van der Waals surface area (Å²) in [5, 5.41) is 7.37. The number of rotatable bonds is 7. The lowest BCUT2D eigenvalue weighted by molar-refractivity contribution is 0.244. The number of methoxy groups -OCH3 is 1. The molecule has 0 saturated heterocycles. The van der Waals surface area contributed by atoms with Gasteiger partial charge in [-0.25, -0.2) is 4.79 Å². The Bertz CT molecular complexity index is 1440. The first-order valence-electron chi connectivity index (χ1n) is 12.1. The number of nitrogens with zero attached hydrogens (tertiary/aromatic N) is 3. The standard InChI is InChI=1S/C29H28N4O4/c1-5-36-23-15-11-20(12-16-23)26-25(19(3)33(29(34)30-26)22-13-9-18(2)10-14-22)28-31-27(32-37-28)21-7-6-8-24(17-21)35-4/h6-17,26H,5H2,1-4H3,(H,30,34). The van der Waals surface area contributed by atoms with E-state index in [0.29, 0.717) is 35.3 Å². The Hall–Kier alpha value is -4.59. The highest BCUT2D eigenvalue weighted by Crippen LogP contribution is 2.39. The lowest BCUT2D eigenvalue weighted by Crippen LogP contribution is -2.46. The van der Waals surface area contributed by atoms with E-state index in [0.717, 1.165) is 28.1 Å². The monoisotopic (exact) mass is 496 g/mol. The van der Waals surface area contributed by atoms with Gasteiger partial charge in [0.05, 0.1) is 31.0 Å². The van der Waals surface area contributed by atoms with Crippen molar-refractivity contribution in [1.82, 2.24) is 15.5 Å². The maximum Gasteiger partial charge on any atom is 0.326 e. The number of urea groups is 1. The zero-order valence-corrected chi connectivity index (χ0v) is 21.2. The van der Waals surface area contributed by atoms with Crippen LogP contribution >= 0.6 is 0 Å². The van der Waals surface area contributed by atoms with Gasteiger partial charge in [0.1, 0.15) is 11.5 Å². The Kier molecular flexibility index (Phi) is 6.64. The van der Waals surface area contributed by atoms with Crippen LogP contribution in [0.4, 0.5) is 10.5 Å². The third-order valence-electron chi connectivity index (χ3n) is 6.29. The molecule has 1 aromatic heterocycles. The van der Waals surface area contributed by atoms with Crippen LogP contribution in [0.5, 0.6) is 11.5 Å². The van der Waals surface area contributed by atoms with Gasteiger partial charge in [-0.3, -0.25) is 4.90 Å². The first-order chi connectivity index (χ1) is 18.0. The van der Waals surface area contributed by atoms with E-state index < -0.39 is 6.04 Å². The van der Waals surface area contributed by atoms with Gasteiger partial charge >= 0.3 is 6.03 Å². The Morgan fingerprint density at radius 1 is 1.00 bits per heavy atom. The lowest BCUT2D eigenvalue weighted by atomic mass is 9.94. The molecule has 188 valence electrons. The number of benzene rings is 3. The zero-order chi connectivity index (χ0) is 25.9. The molecule has 0 aliphatic carbocycles. The highest BCUT2D eigenvalue weighted by atomic mass is 16.5. The number of anilines is 1. The van der Waals surface area contributed by atoms with Crippen LogP contribution in [0.2, 0.25) is 0 Å². The topological polar surface area (TPSA) is 89.7 Å². The fourth-order valence-electron chi connectivity index (χ4n) is 4.41. The first kappa shape index (κ1) is 24.1. The van der Waals surface area contributed by atoms with Crippen molar-refractivity contribution in [2.24, 2.45) is 0 Å². The summed E-state index contributed by atoms with van der Waals surface area (Å²) in [6, 6.07) is 22.2. The van der Waals surface area contributed by atoms with Crippen LogP contribution in [-0.2, 0) is 0 Å². The predicted molar refractivity (Wildman–Crippen MR) is 141 cm³/mol. The minimum atomic E-state index is -0.497. The van der Waals surface area contributed by atoms with Crippen molar-refractivity contribution in [2.45, 2.75) is 26.8 Å². The molecule has 1 N–H and O–H groups in total. The number of nitrogens with one attached hydrogen (secondary N) is 1. The second-order valence-corrected chi connectivity index (χ2v) is 8.71. The van der Waals surface area contributed by atoms with Gasteiger partial charge in [-0.15, -0.1) is 0 Å². The van der Waals surface area contributed by atoms with Crippen LogP contribution in [0.3, 0.4) is 0 Å². The Morgan fingerprint density at radius 3 is 2.46 bits per heavy atom. The van der Waals surface area contributed by atoms with Crippen LogP contribution in [-0.4, -0.2) is 29.9 Å². The smallest absolute Gasteiger partial charge is 0.326 e. The maximum absolute atomic E-state index is 13.4. The van der Waals surface area contributed by atoms with E-state index in [2.05, 4.69) is 10.5 Å². The van der Waals surface area contributed by atoms with Crippen LogP contribution in [0.25, 0.3) is 17.0 Å². The maximum atomic E-state index is 13.4. The second-order valence-electron chi connectivity index (χ2n) is 8.71. The predicted octanol–water partition coefficient (Wildman–Crippen LogP) is 6.15. The van der Waals surface area contributed by atoms with E-state index in [4.69, 9.17) is 19.0 Å². The third kappa shape index (κ3) is 4.78. The normalized spacial score (nSPS) is 15.5. The highest BCUT2D eigenvalue weighted by Gasteiger charge is 2.36. The lowest BCUT2D eigenvalue weighted by Gasteiger charge is -2.35. The van der Waals surface area contributed by atoms with Crippen LogP contribution in [0, 0.1) is 6.92 Å². The number of amides is 2. The molecule has 0 fully saturated rings. The molecular weight excluding hydrogens is 468 g/mol. The molecule has 5 rings (SSSR count). The minimum absolute atomic E-state index is 0.239. The average Bonchev–Trinajstić information content (AvgIpc) is 3.40. The number of ether oxygens (including phenoxy) is 2. The summed E-state index contributed by atoms with van der Waals surface area (Å²) in [6.45, 7) is 6.42. The average molecular weight is 497 g/mol. The third-order valence-corrected chi connectivity index (χ3v) is 6.29. The van der Waals surface area contributed by atoms with Crippen molar-refractivity contribution in [3.63, 3.8) is 0 Å². The number of carbonyl (C=O) groups excluding carboxylic acids is 1. The first-order valence-corrected chi connectivity index (χ1v) is 12.1. The summed E-state index contributed by atoms with van der Waals surface area (Å²) < 4.78 is 16.7. The molecule has 1 aliphatic heterocycles. The number of hydrogen-bond donors (Lipinski definition) is 1. The van der Waals surface area contributed by atoms with E-state index in [-0.39, 0.29) is 6.03 Å². The Labute approximate surface area is 215 Å². The van der Waals surface area contributed by atoms with Gasteiger partial charge in [-0.2, -0.15) is 4.98 Å². The van der Waals surface area contributed by atoms with Gasteiger partial charge in [-0.05, 0) is 62.7 Å². The number of carbonyl (C=O) groups is 1. The van der Waals surface area contributed by atoms with E-state index in [1.165, 1.54) is 0 Å². The molecule has 0 bridgehead atoms. The number of aromatic nitrogens is 2. The number of hydrogen-bond acceptors (Lipinski definition) is 6. The molecule has 8 heteroatoms. The zero-order valence-electron chi connectivity index (χ0n) is 21.2. The molecule has 1 aliphatic rings. The summed E-state index contributed by atoms with van der Waals surface area (Å²) >= 11 is 0. The number of aryl methyl sites for hydroxylation is 1. The molecule has 1 atom stereocenters. The second kappa shape index (κ2) is 10.2. The molecule has 8 nitrogen and oxygen atoms in total. The summed E-state index contributed by atoms with van der Waals surface area (Å²) in [7, 11) is 1.61. The SMILES string of the molecule is CCOc1ccc(C2NC(=O)N(c3ccc(C)cc3)C(C)=C2c2nc(-c3cccc(OC)c3)no2)cc1. The molecule has 0 spiro atoms. The van der Waals surface area contributed by atoms with Crippen molar-refractivity contribution in [1.29, 1.82) is 0 Å². The molecule has 37 heavy (non-hydrogen) atoms. The van der Waals surface area contributed by atoms with Gasteiger partial charge < -0.3 is 19.3 Å². The van der Waals surface area contributed by atoms with Gasteiger partial charge in [0.25, 0.3) is 5.89 Å². The fraction of sp³-hybridized carbons (Fsp3) is 0.207. The summed E-state index contributed by atoms with van der Waals surface area (Å²) in [5.41, 5.74) is 4.90. The molecule has 2 amide bonds. The van der Waals surface area contributed by atoms with Crippen molar-refractivity contribution >= 4 is 17.3 Å². The summed E-state index contributed by atoms with van der Waals surface area (Å²) in [5.74, 6) is 2.21. The van der Waals surface area contributed by atoms with E-state index >= 15 is 0 Å². The van der Waals surface area contributed by atoms with Crippen molar-refractivity contribution < 1.29 is 18.8 Å².